The number of anilines is 1. The van der Waals surface area contributed by atoms with Crippen molar-refractivity contribution in [1.29, 1.82) is 0 Å². The van der Waals surface area contributed by atoms with E-state index in [0.717, 1.165) is 16.4 Å². The molecule has 0 unspecified atom stereocenters. The zero-order valence-electron chi connectivity index (χ0n) is 9.48. The third kappa shape index (κ3) is 2.52. The average molecular weight is 235 g/mol. The van der Waals surface area contributed by atoms with Crippen LogP contribution in [0.25, 0.3) is 0 Å². The van der Waals surface area contributed by atoms with Crippen LogP contribution in [0.1, 0.15) is 21.3 Å². The van der Waals surface area contributed by atoms with Crippen LogP contribution < -0.4 is 5.32 Å². The standard InChI is InChI=1S/C10H13N5S/c1-6-7(2)14-15-10(13-6)12-5-9-4-11-8(3)16-9/h4H,5H2,1-3H3,(H,12,13,15). The van der Waals surface area contributed by atoms with Crippen molar-refractivity contribution >= 4 is 17.3 Å². The first-order valence-electron chi connectivity index (χ1n) is 4.98. The number of aromatic nitrogens is 4. The number of aryl methyl sites for hydroxylation is 3. The van der Waals surface area contributed by atoms with E-state index in [9.17, 15) is 0 Å². The van der Waals surface area contributed by atoms with Crippen molar-refractivity contribution in [2.75, 3.05) is 5.32 Å². The van der Waals surface area contributed by atoms with Gasteiger partial charge in [-0.3, -0.25) is 0 Å². The molecule has 2 aromatic rings. The van der Waals surface area contributed by atoms with Gasteiger partial charge < -0.3 is 5.32 Å². The van der Waals surface area contributed by atoms with Gasteiger partial charge in [-0.25, -0.2) is 9.97 Å². The second-order valence-electron chi connectivity index (χ2n) is 3.51. The molecule has 0 fully saturated rings. The minimum absolute atomic E-state index is 0.564. The second kappa shape index (κ2) is 4.52. The van der Waals surface area contributed by atoms with Crippen molar-refractivity contribution in [3.05, 3.63) is 27.5 Å². The lowest BCUT2D eigenvalue weighted by molar-refractivity contribution is 0.887. The topological polar surface area (TPSA) is 63.6 Å². The summed E-state index contributed by atoms with van der Waals surface area (Å²) in [6.07, 6.45) is 1.86. The summed E-state index contributed by atoms with van der Waals surface area (Å²) in [4.78, 5) is 9.64. The van der Waals surface area contributed by atoms with E-state index < -0.39 is 0 Å². The Morgan fingerprint density at radius 1 is 1.19 bits per heavy atom. The number of hydrogen-bond donors (Lipinski definition) is 1. The Kier molecular flexibility index (Phi) is 3.09. The summed E-state index contributed by atoms with van der Waals surface area (Å²) in [7, 11) is 0. The van der Waals surface area contributed by atoms with Gasteiger partial charge in [0, 0.05) is 11.1 Å². The highest BCUT2D eigenvalue weighted by atomic mass is 32.1. The zero-order chi connectivity index (χ0) is 11.5. The molecule has 0 aliphatic rings. The van der Waals surface area contributed by atoms with Gasteiger partial charge in [-0.05, 0) is 20.8 Å². The number of nitrogens with zero attached hydrogens (tertiary/aromatic N) is 4. The molecule has 0 saturated carbocycles. The molecule has 0 spiro atoms. The van der Waals surface area contributed by atoms with E-state index in [0.29, 0.717) is 12.5 Å². The van der Waals surface area contributed by atoms with E-state index in [1.165, 1.54) is 4.88 Å². The van der Waals surface area contributed by atoms with Gasteiger partial charge >= 0.3 is 0 Å². The van der Waals surface area contributed by atoms with Crippen LogP contribution in [0.4, 0.5) is 5.95 Å². The fraction of sp³-hybridized carbons (Fsp3) is 0.400. The Bertz CT molecular complexity index is 494. The Morgan fingerprint density at radius 3 is 2.62 bits per heavy atom. The van der Waals surface area contributed by atoms with Crippen LogP contribution in [-0.2, 0) is 6.54 Å². The predicted octanol–water partition coefficient (Wildman–Crippen LogP) is 1.87. The lowest BCUT2D eigenvalue weighted by atomic mass is 10.4. The second-order valence-corrected chi connectivity index (χ2v) is 4.82. The van der Waals surface area contributed by atoms with Crippen molar-refractivity contribution in [3.63, 3.8) is 0 Å². The average Bonchev–Trinajstić information content (AvgIpc) is 2.66. The fourth-order valence-corrected chi connectivity index (χ4v) is 1.92. The molecule has 0 atom stereocenters. The van der Waals surface area contributed by atoms with E-state index in [1.807, 2.05) is 27.0 Å². The van der Waals surface area contributed by atoms with Gasteiger partial charge in [0.25, 0.3) is 0 Å². The molecule has 0 aromatic carbocycles. The molecule has 16 heavy (non-hydrogen) atoms. The molecule has 2 aromatic heterocycles. The van der Waals surface area contributed by atoms with Gasteiger partial charge in [-0.1, -0.05) is 0 Å². The van der Waals surface area contributed by atoms with Gasteiger partial charge in [0.15, 0.2) is 0 Å². The third-order valence-electron chi connectivity index (χ3n) is 2.18. The van der Waals surface area contributed by atoms with Gasteiger partial charge in [0.2, 0.25) is 5.95 Å². The maximum absolute atomic E-state index is 4.29. The van der Waals surface area contributed by atoms with E-state index in [1.54, 1.807) is 11.3 Å². The number of hydrogen-bond acceptors (Lipinski definition) is 6. The summed E-state index contributed by atoms with van der Waals surface area (Å²) in [5.74, 6) is 0.564. The molecule has 0 bridgehead atoms. The Labute approximate surface area is 98.0 Å². The van der Waals surface area contributed by atoms with Gasteiger partial charge in [-0.2, -0.15) is 5.10 Å². The van der Waals surface area contributed by atoms with Crippen molar-refractivity contribution in [3.8, 4) is 0 Å². The van der Waals surface area contributed by atoms with Crippen LogP contribution in [0.2, 0.25) is 0 Å². The molecule has 0 aliphatic heterocycles. The SMILES string of the molecule is Cc1ncc(CNc2nnc(C)c(C)n2)s1. The first-order chi connectivity index (χ1) is 7.65. The minimum atomic E-state index is 0.564. The quantitative estimate of drug-likeness (QED) is 0.879. The molecule has 5 nitrogen and oxygen atoms in total. The van der Waals surface area contributed by atoms with Crippen LogP contribution in [0, 0.1) is 20.8 Å². The first-order valence-corrected chi connectivity index (χ1v) is 5.80. The molecular weight excluding hydrogens is 222 g/mol. The Balaban J connectivity index is 2.02. The predicted molar refractivity (Wildman–Crippen MR) is 63.5 cm³/mol. The number of rotatable bonds is 3. The summed E-state index contributed by atoms with van der Waals surface area (Å²) in [5.41, 5.74) is 1.76. The lowest BCUT2D eigenvalue weighted by Crippen LogP contribution is -2.06. The first kappa shape index (κ1) is 10.9. The van der Waals surface area contributed by atoms with E-state index in [4.69, 9.17) is 0 Å². The van der Waals surface area contributed by atoms with E-state index in [2.05, 4.69) is 25.5 Å². The molecule has 2 rings (SSSR count). The number of thiazole rings is 1. The minimum Gasteiger partial charge on any atom is -0.348 e. The highest BCUT2D eigenvalue weighted by Crippen LogP contribution is 2.12. The maximum Gasteiger partial charge on any atom is 0.243 e. The van der Waals surface area contributed by atoms with Crippen LogP contribution in [0.15, 0.2) is 6.20 Å². The Morgan fingerprint density at radius 2 is 2.00 bits per heavy atom. The molecule has 0 radical (unpaired) electrons. The highest BCUT2D eigenvalue weighted by Gasteiger charge is 2.02. The van der Waals surface area contributed by atoms with Crippen LogP contribution in [0.5, 0.6) is 0 Å². The smallest absolute Gasteiger partial charge is 0.243 e. The summed E-state index contributed by atoms with van der Waals surface area (Å²) >= 11 is 1.66. The fourth-order valence-electron chi connectivity index (χ4n) is 1.18. The van der Waals surface area contributed by atoms with Crippen LogP contribution >= 0.6 is 11.3 Å². The molecule has 1 N–H and O–H groups in total. The molecule has 0 aliphatic carbocycles. The van der Waals surface area contributed by atoms with Crippen LogP contribution in [0.3, 0.4) is 0 Å². The maximum atomic E-state index is 4.29. The van der Waals surface area contributed by atoms with Crippen molar-refractivity contribution < 1.29 is 0 Å². The number of nitrogens with one attached hydrogen (secondary N) is 1. The normalized spacial score (nSPS) is 10.4. The molecule has 84 valence electrons. The van der Waals surface area contributed by atoms with Gasteiger partial charge in [-0.15, -0.1) is 16.4 Å². The summed E-state index contributed by atoms with van der Waals surface area (Å²) < 4.78 is 0. The van der Waals surface area contributed by atoms with Gasteiger partial charge in [0.1, 0.15) is 0 Å². The zero-order valence-corrected chi connectivity index (χ0v) is 10.3. The monoisotopic (exact) mass is 235 g/mol. The molecule has 6 heteroatoms. The largest absolute Gasteiger partial charge is 0.348 e. The van der Waals surface area contributed by atoms with E-state index >= 15 is 0 Å². The highest BCUT2D eigenvalue weighted by molar-refractivity contribution is 7.11. The third-order valence-corrected chi connectivity index (χ3v) is 3.09. The van der Waals surface area contributed by atoms with Crippen molar-refractivity contribution in [1.82, 2.24) is 20.2 Å². The van der Waals surface area contributed by atoms with Crippen molar-refractivity contribution in [2.24, 2.45) is 0 Å². The van der Waals surface area contributed by atoms with Gasteiger partial charge in [0.05, 0.1) is 22.9 Å². The van der Waals surface area contributed by atoms with Crippen LogP contribution in [-0.4, -0.2) is 20.2 Å². The molecule has 2 heterocycles. The molecule has 0 saturated heterocycles. The molecular formula is C10H13N5S. The summed E-state index contributed by atoms with van der Waals surface area (Å²) in [6.45, 7) is 6.50. The summed E-state index contributed by atoms with van der Waals surface area (Å²) in [6, 6.07) is 0. The summed E-state index contributed by atoms with van der Waals surface area (Å²) in [5, 5.41) is 12.2. The van der Waals surface area contributed by atoms with Crippen molar-refractivity contribution in [2.45, 2.75) is 27.3 Å². The Hall–Kier alpha value is -1.56. The lowest BCUT2D eigenvalue weighted by Gasteiger charge is -2.03. The van der Waals surface area contributed by atoms with E-state index in [-0.39, 0.29) is 0 Å². The molecule has 0 amide bonds.